The van der Waals surface area contributed by atoms with E-state index in [1.165, 1.54) is 6.42 Å². The molecule has 88 valence electrons. The largest absolute Gasteiger partial charge is 0.293 e. The van der Waals surface area contributed by atoms with E-state index in [9.17, 15) is 4.79 Å². The summed E-state index contributed by atoms with van der Waals surface area (Å²) in [5.74, 6) is 2.08. The predicted octanol–water partition coefficient (Wildman–Crippen LogP) is 4.77. The molecule has 3 unspecified atom stereocenters. The van der Waals surface area contributed by atoms with Crippen LogP contribution in [0.15, 0.2) is 15.9 Å². The van der Waals surface area contributed by atoms with Crippen LogP contribution in [-0.4, -0.2) is 5.78 Å². The fourth-order valence-electron chi connectivity index (χ4n) is 2.43. The number of hydrogen-bond acceptors (Lipinski definition) is 2. The van der Waals surface area contributed by atoms with Gasteiger partial charge in [0, 0.05) is 15.8 Å². The second-order valence-corrected chi connectivity index (χ2v) is 6.78. The van der Waals surface area contributed by atoms with Gasteiger partial charge in [0.25, 0.3) is 0 Å². The lowest BCUT2D eigenvalue weighted by atomic mass is 9.74. The summed E-state index contributed by atoms with van der Waals surface area (Å²) in [4.78, 5) is 13.2. The Morgan fingerprint density at radius 2 is 2.12 bits per heavy atom. The fraction of sp³-hybridized carbons (Fsp3) is 0.615. The molecule has 0 aromatic carbocycles. The molecule has 0 aliphatic heterocycles. The van der Waals surface area contributed by atoms with Crippen molar-refractivity contribution in [3.05, 3.63) is 20.8 Å². The second-order valence-electron chi connectivity index (χ2n) is 4.96. The lowest BCUT2D eigenvalue weighted by Gasteiger charge is -2.30. The van der Waals surface area contributed by atoms with Crippen molar-refractivity contribution in [1.29, 1.82) is 0 Å². The highest BCUT2D eigenvalue weighted by Crippen LogP contribution is 2.36. The Labute approximate surface area is 109 Å². The smallest absolute Gasteiger partial charge is 0.175 e. The minimum absolute atomic E-state index is 0.261. The number of Topliss-reactive ketones (excluding diaryl/α,β-unsaturated/α-hetero) is 1. The van der Waals surface area contributed by atoms with E-state index in [4.69, 9.17) is 0 Å². The number of carbonyl (C=O) groups is 1. The van der Waals surface area contributed by atoms with E-state index in [0.29, 0.717) is 11.7 Å². The van der Waals surface area contributed by atoms with Gasteiger partial charge in [-0.05, 0) is 53.1 Å². The number of thiophene rings is 1. The lowest BCUT2D eigenvalue weighted by Crippen LogP contribution is -2.26. The zero-order valence-corrected chi connectivity index (χ0v) is 12.1. The Morgan fingerprint density at radius 1 is 1.38 bits per heavy atom. The zero-order chi connectivity index (χ0) is 11.7. The topological polar surface area (TPSA) is 17.1 Å². The van der Waals surface area contributed by atoms with Crippen LogP contribution in [0.3, 0.4) is 0 Å². The van der Waals surface area contributed by atoms with Crippen molar-refractivity contribution in [2.45, 2.75) is 33.1 Å². The van der Waals surface area contributed by atoms with Crippen molar-refractivity contribution in [1.82, 2.24) is 0 Å². The van der Waals surface area contributed by atoms with Crippen LogP contribution in [0.1, 0.15) is 42.8 Å². The van der Waals surface area contributed by atoms with Crippen LogP contribution in [-0.2, 0) is 0 Å². The van der Waals surface area contributed by atoms with Gasteiger partial charge in [0.05, 0.1) is 4.88 Å². The molecule has 0 bridgehead atoms. The highest BCUT2D eigenvalue weighted by molar-refractivity contribution is 9.10. The number of halogens is 1. The van der Waals surface area contributed by atoms with Crippen molar-refractivity contribution in [3.8, 4) is 0 Å². The summed E-state index contributed by atoms with van der Waals surface area (Å²) >= 11 is 4.96. The summed E-state index contributed by atoms with van der Waals surface area (Å²) in [6.07, 6.45) is 3.33. The molecule has 1 heterocycles. The molecule has 2 rings (SSSR count). The number of rotatable bonds is 2. The van der Waals surface area contributed by atoms with Crippen LogP contribution >= 0.6 is 27.3 Å². The molecule has 1 aromatic heterocycles. The summed E-state index contributed by atoms with van der Waals surface area (Å²) in [7, 11) is 0. The van der Waals surface area contributed by atoms with Gasteiger partial charge < -0.3 is 0 Å². The average molecular weight is 301 g/mol. The molecule has 1 nitrogen and oxygen atoms in total. The summed E-state index contributed by atoms with van der Waals surface area (Å²) in [5.41, 5.74) is 0. The molecule has 1 saturated carbocycles. The van der Waals surface area contributed by atoms with E-state index in [2.05, 4.69) is 29.8 Å². The normalized spacial score (nSPS) is 30.3. The van der Waals surface area contributed by atoms with E-state index in [-0.39, 0.29) is 5.92 Å². The van der Waals surface area contributed by atoms with Gasteiger partial charge in [0.15, 0.2) is 5.78 Å². The maximum atomic E-state index is 12.3. The molecular formula is C13H17BrOS. The molecule has 1 aromatic rings. The van der Waals surface area contributed by atoms with Crippen LogP contribution in [0, 0.1) is 17.8 Å². The molecule has 0 saturated heterocycles. The Bertz CT molecular complexity index is 385. The molecule has 0 radical (unpaired) electrons. The lowest BCUT2D eigenvalue weighted by molar-refractivity contribution is 0.0842. The molecular weight excluding hydrogens is 284 g/mol. The summed E-state index contributed by atoms with van der Waals surface area (Å²) in [6.45, 7) is 4.57. The van der Waals surface area contributed by atoms with Gasteiger partial charge in [0.1, 0.15) is 0 Å². The van der Waals surface area contributed by atoms with E-state index < -0.39 is 0 Å². The van der Waals surface area contributed by atoms with Crippen LogP contribution in [0.2, 0.25) is 0 Å². The summed E-state index contributed by atoms with van der Waals surface area (Å²) < 4.78 is 1.03. The first-order chi connectivity index (χ1) is 7.58. The molecule has 16 heavy (non-hydrogen) atoms. The monoisotopic (exact) mass is 300 g/mol. The van der Waals surface area contributed by atoms with Crippen LogP contribution < -0.4 is 0 Å². The summed E-state index contributed by atoms with van der Waals surface area (Å²) in [6, 6.07) is 1.95. The van der Waals surface area contributed by atoms with Crippen LogP contribution in [0.25, 0.3) is 0 Å². The highest BCUT2D eigenvalue weighted by Gasteiger charge is 2.30. The van der Waals surface area contributed by atoms with Crippen LogP contribution in [0.4, 0.5) is 0 Å². The van der Waals surface area contributed by atoms with E-state index in [1.807, 2.05) is 11.4 Å². The molecule has 0 amide bonds. The maximum absolute atomic E-state index is 12.3. The van der Waals surface area contributed by atoms with Crippen molar-refractivity contribution in [2.75, 3.05) is 0 Å². The van der Waals surface area contributed by atoms with Gasteiger partial charge >= 0.3 is 0 Å². The number of hydrogen-bond donors (Lipinski definition) is 0. The van der Waals surface area contributed by atoms with Gasteiger partial charge in [0.2, 0.25) is 0 Å². The Hall–Kier alpha value is -0.150. The minimum Gasteiger partial charge on any atom is -0.293 e. The van der Waals surface area contributed by atoms with E-state index in [1.54, 1.807) is 11.3 Å². The SMILES string of the molecule is CC1CCC(C(=O)c2cc(Br)cs2)CC1C. The van der Waals surface area contributed by atoms with Crippen molar-refractivity contribution in [2.24, 2.45) is 17.8 Å². The van der Waals surface area contributed by atoms with Crippen molar-refractivity contribution in [3.63, 3.8) is 0 Å². The molecule has 0 N–H and O–H groups in total. The molecule has 1 aliphatic carbocycles. The van der Waals surface area contributed by atoms with Crippen LogP contribution in [0.5, 0.6) is 0 Å². The first-order valence-corrected chi connectivity index (χ1v) is 7.53. The van der Waals surface area contributed by atoms with Crippen molar-refractivity contribution >= 4 is 33.0 Å². The second kappa shape index (κ2) is 5.01. The Kier molecular flexibility index (Phi) is 3.85. The fourth-order valence-corrected chi connectivity index (χ4v) is 3.88. The molecule has 1 aliphatic rings. The molecule has 1 fully saturated rings. The third-order valence-electron chi connectivity index (χ3n) is 3.78. The van der Waals surface area contributed by atoms with Gasteiger partial charge in [-0.25, -0.2) is 0 Å². The first kappa shape index (κ1) is 12.3. The molecule has 3 heteroatoms. The highest BCUT2D eigenvalue weighted by atomic mass is 79.9. The van der Waals surface area contributed by atoms with Gasteiger partial charge in [-0.15, -0.1) is 11.3 Å². The quantitative estimate of drug-likeness (QED) is 0.719. The third-order valence-corrected chi connectivity index (χ3v) is 5.48. The number of carbonyl (C=O) groups excluding carboxylic acids is 1. The minimum atomic E-state index is 0.261. The van der Waals surface area contributed by atoms with Gasteiger partial charge in [-0.1, -0.05) is 13.8 Å². The van der Waals surface area contributed by atoms with Gasteiger partial charge in [-0.2, -0.15) is 0 Å². The molecule has 3 atom stereocenters. The first-order valence-electron chi connectivity index (χ1n) is 5.86. The number of ketones is 1. The Morgan fingerprint density at radius 3 is 2.69 bits per heavy atom. The van der Waals surface area contributed by atoms with Gasteiger partial charge in [-0.3, -0.25) is 4.79 Å². The van der Waals surface area contributed by atoms with E-state index in [0.717, 1.165) is 28.1 Å². The molecule has 0 spiro atoms. The zero-order valence-electron chi connectivity index (χ0n) is 9.70. The van der Waals surface area contributed by atoms with E-state index >= 15 is 0 Å². The maximum Gasteiger partial charge on any atom is 0.175 e. The predicted molar refractivity (Wildman–Crippen MR) is 72.0 cm³/mol. The van der Waals surface area contributed by atoms with Crippen molar-refractivity contribution < 1.29 is 4.79 Å². The summed E-state index contributed by atoms with van der Waals surface area (Å²) in [5, 5.41) is 1.99. The standard InChI is InChI=1S/C13H17BrOS/c1-8-3-4-10(5-9(8)2)13(15)12-6-11(14)7-16-12/h6-10H,3-5H2,1-2H3. The third kappa shape index (κ3) is 2.57. The average Bonchev–Trinajstić information content (AvgIpc) is 2.68. The Balaban J connectivity index is 2.06.